The topological polar surface area (TPSA) is 0 Å². The highest BCUT2D eigenvalue weighted by Crippen LogP contribution is 2.01. The summed E-state index contributed by atoms with van der Waals surface area (Å²) in [5.74, 6) is -0.132. The number of hydrogen-bond donors (Lipinski definition) is 0. The van der Waals surface area contributed by atoms with Crippen molar-refractivity contribution in [2.45, 2.75) is 27.7 Å². The molecule has 0 fully saturated rings. The molecule has 1 rings (SSSR count). The van der Waals surface area contributed by atoms with Crippen molar-refractivity contribution in [3.63, 3.8) is 0 Å². The standard InChI is InChI=1S/C7H7F.C5H10/c1-6-4-2-3-5-7(6)8;1-4-5(2)3/h2-5H,1H3;4H,1-3H3. The molecule has 0 spiro atoms. The van der Waals surface area contributed by atoms with Gasteiger partial charge in [-0.25, -0.2) is 4.39 Å². The molecule has 0 N–H and O–H groups in total. The van der Waals surface area contributed by atoms with Crippen LogP contribution in [0.1, 0.15) is 26.3 Å². The molecule has 0 aliphatic heterocycles. The van der Waals surface area contributed by atoms with Crippen molar-refractivity contribution in [1.82, 2.24) is 0 Å². The third-order valence-electron chi connectivity index (χ3n) is 1.65. The van der Waals surface area contributed by atoms with Crippen LogP contribution in [-0.4, -0.2) is 0 Å². The van der Waals surface area contributed by atoms with E-state index in [9.17, 15) is 4.39 Å². The summed E-state index contributed by atoms with van der Waals surface area (Å²) in [5.41, 5.74) is 2.08. The van der Waals surface area contributed by atoms with Gasteiger partial charge in [-0.1, -0.05) is 29.8 Å². The Morgan fingerprint density at radius 1 is 1.23 bits per heavy atom. The van der Waals surface area contributed by atoms with Crippen molar-refractivity contribution in [3.05, 3.63) is 47.3 Å². The first-order chi connectivity index (χ1) is 6.07. The number of hydrogen-bond acceptors (Lipinski definition) is 0. The number of rotatable bonds is 0. The van der Waals surface area contributed by atoms with Gasteiger partial charge in [0, 0.05) is 0 Å². The molecule has 0 amide bonds. The van der Waals surface area contributed by atoms with Gasteiger partial charge in [0.05, 0.1) is 0 Å². The zero-order chi connectivity index (χ0) is 10.3. The van der Waals surface area contributed by atoms with Crippen LogP contribution in [0.3, 0.4) is 0 Å². The highest BCUT2D eigenvalue weighted by atomic mass is 19.1. The maximum absolute atomic E-state index is 12.3. The fourth-order valence-electron chi connectivity index (χ4n) is 0.551. The summed E-state index contributed by atoms with van der Waals surface area (Å²) in [4.78, 5) is 0. The first-order valence-electron chi connectivity index (χ1n) is 4.38. The zero-order valence-corrected chi connectivity index (χ0v) is 8.76. The summed E-state index contributed by atoms with van der Waals surface area (Å²) in [6, 6.07) is 6.70. The van der Waals surface area contributed by atoms with E-state index in [4.69, 9.17) is 0 Å². The predicted octanol–water partition coefficient (Wildman–Crippen LogP) is 4.11. The first-order valence-corrected chi connectivity index (χ1v) is 4.38. The van der Waals surface area contributed by atoms with Crippen molar-refractivity contribution in [1.29, 1.82) is 0 Å². The summed E-state index contributed by atoms with van der Waals surface area (Å²) in [7, 11) is 0. The fraction of sp³-hybridized carbons (Fsp3) is 0.333. The molecule has 0 aliphatic carbocycles. The van der Waals surface area contributed by atoms with Crippen LogP contribution in [0.25, 0.3) is 0 Å². The third-order valence-corrected chi connectivity index (χ3v) is 1.65. The van der Waals surface area contributed by atoms with Gasteiger partial charge in [0.15, 0.2) is 0 Å². The van der Waals surface area contributed by atoms with E-state index in [-0.39, 0.29) is 5.82 Å². The molecule has 13 heavy (non-hydrogen) atoms. The molecular weight excluding hydrogens is 163 g/mol. The molecule has 0 heterocycles. The maximum atomic E-state index is 12.3. The smallest absolute Gasteiger partial charge is 0.126 e. The van der Waals surface area contributed by atoms with Crippen molar-refractivity contribution in [3.8, 4) is 0 Å². The zero-order valence-electron chi connectivity index (χ0n) is 8.76. The number of halogens is 1. The quantitative estimate of drug-likeness (QED) is 0.527. The number of aryl methyl sites for hydroxylation is 1. The molecule has 0 atom stereocenters. The molecule has 0 bridgehead atoms. The van der Waals surface area contributed by atoms with Gasteiger partial charge >= 0.3 is 0 Å². The second kappa shape index (κ2) is 6.41. The van der Waals surface area contributed by atoms with Crippen LogP contribution >= 0.6 is 0 Å². The minimum Gasteiger partial charge on any atom is -0.207 e. The molecule has 1 aromatic rings. The molecule has 0 aliphatic rings. The van der Waals surface area contributed by atoms with Crippen LogP contribution in [0.15, 0.2) is 35.9 Å². The molecule has 0 radical (unpaired) electrons. The van der Waals surface area contributed by atoms with Crippen LogP contribution in [0.2, 0.25) is 0 Å². The van der Waals surface area contributed by atoms with Crippen molar-refractivity contribution >= 4 is 0 Å². The van der Waals surface area contributed by atoms with Crippen molar-refractivity contribution < 1.29 is 4.39 Å². The molecule has 0 unspecified atom stereocenters. The summed E-state index contributed by atoms with van der Waals surface area (Å²) >= 11 is 0. The molecule has 0 saturated heterocycles. The number of benzene rings is 1. The van der Waals surface area contributed by atoms with E-state index in [1.165, 1.54) is 11.6 Å². The summed E-state index contributed by atoms with van der Waals surface area (Å²) in [6.45, 7) is 7.95. The second-order valence-corrected chi connectivity index (χ2v) is 3.12. The van der Waals surface area contributed by atoms with Gasteiger partial charge in [-0.15, -0.1) is 0 Å². The van der Waals surface area contributed by atoms with Crippen LogP contribution in [0.5, 0.6) is 0 Å². The summed E-state index contributed by atoms with van der Waals surface area (Å²) in [6.07, 6.45) is 2.08. The molecule has 0 aromatic heterocycles. The lowest BCUT2D eigenvalue weighted by Crippen LogP contribution is -1.76. The van der Waals surface area contributed by atoms with Gasteiger partial charge < -0.3 is 0 Å². The van der Waals surface area contributed by atoms with Crippen LogP contribution in [-0.2, 0) is 0 Å². The van der Waals surface area contributed by atoms with Gasteiger partial charge in [-0.2, -0.15) is 0 Å². The average Bonchev–Trinajstić information content (AvgIpc) is 2.11. The van der Waals surface area contributed by atoms with Gasteiger partial charge in [0.1, 0.15) is 5.82 Å². The SMILES string of the molecule is CC=C(C)C.Cc1ccccc1F. The van der Waals surface area contributed by atoms with Crippen LogP contribution < -0.4 is 0 Å². The third kappa shape index (κ3) is 6.09. The van der Waals surface area contributed by atoms with E-state index in [1.54, 1.807) is 19.1 Å². The molecule has 0 saturated carbocycles. The van der Waals surface area contributed by atoms with Gasteiger partial charge in [0.2, 0.25) is 0 Å². The molecule has 1 heteroatoms. The van der Waals surface area contributed by atoms with E-state index < -0.39 is 0 Å². The lowest BCUT2D eigenvalue weighted by molar-refractivity contribution is 0.618. The van der Waals surface area contributed by atoms with Crippen LogP contribution in [0.4, 0.5) is 4.39 Å². The Balaban J connectivity index is 0.000000252. The van der Waals surface area contributed by atoms with Crippen molar-refractivity contribution in [2.75, 3.05) is 0 Å². The molecule has 0 nitrogen and oxygen atoms in total. The minimum absolute atomic E-state index is 0.132. The predicted molar refractivity (Wildman–Crippen MR) is 56.2 cm³/mol. The normalized spacial score (nSPS) is 8.38. The minimum atomic E-state index is -0.132. The Kier molecular flexibility index (Phi) is 5.86. The molecule has 1 aromatic carbocycles. The maximum Gasteiger partial charge on any atom is 0.126 e. The van der Waals surface area contributed by atoms with Crippen LogP contribution in [0, 0.1) is 12.7 Å². The van der Waals surface area contributed by atoms with Gasteiger partial charge in [-0.05, 0) is 39.3 Å². The average molecular weight is 180 g/mol. The molecule has 72 valence electrons. The Bertz CT molecular complexity index is 249. The highest BCUT2D eigenvalue weighted by molar-refractivity contribution is 5.14. The monoisotopic (exact) mass is 180 g/mol. The second-order valence-electron chi connectivity index (χ2n) is 3.12. The summed E-state index contributed by atoms with van der Waals surface area (Å²) < 4.78 is 12.3. The first kappa shape index (κ1) is 11.9. The van der Waals surface area contributed by atoms with E-state index in [0.29, 0.717) is 5.56 Å². The Morgan fingerprint density at radius 2 is 1.69 bits per heavy atom. The Hall–Kier alpha value is -1.11. The van der Waals surface area contributed by atoms with E-state index in [1.807, 2.05) is 13.0 Å². The van der Waals surface area contributed by atoms with E-state index in [2.05, 4.69) is 19.9 Å². The molecular formula is C12H17F. The lowest BCUT2D eigenvalue weighted by Gasteiger charge is -1.89. The van der Waals surface area contributed by atoms with Gasteiger partial charge in [0.25, 0.3) is 0 Å². The van der Waals surface area contributed by atoms with E-state index >= 15 is 0 Å². The lowest BCUT2D eigenvalue weighted by atomic mass is 10.2. The Labute approximate surface area is 80.1 Å². The largest absolute Gasteiger partial charge is 0.207 e. The Morgan fingerprint density at radius 3 is 1.92 bits per heavy atom. The fourth-order valence-corrected chi connectivity index (χ4v) is 0.551. The summed E-state index contributed by atoms with van der Waals surface area (Å²) in [5, 5.41) is 0. The van der Waals surface area contributed by atoms with Gasteiger partial charge in [-0.3, -0.25) is 0 Å². The number of allylic oxidation sites excluding steroid dienone is 2. The van der Waals surface area contributed by atoms with E-state index in [0.717, 1.165) is 0 Å². The highest BCUT2D eigenvalue weighted by Gasteiger charge is 1.88. The van der Waals surface area contributed by atoms with Crippen molar-refractivity contribution in [2.24, 2.45) is 0 Å².